The summed E-state index contributed by atoms with van der Waals surface area (Å²) in [6.45, 7) is 0. The SMILES string of the molecule is CN(C(=O)C1(N)CCCCC1)C1CCC1. The minimum absolute atomic E-state index is 0.187. The maximum absolute atomic E-state index is 12.3. The van der Waals surface area contributed by atoms with Crippen LogP contribution in [0.5, 0.6) is 0 Å². The van der Waals surface area contributed by atoms with E-state index in [-0.39, 0.29) is 5.91 Å². The molecular formula is C12H22N2O. The van der Waals surface area contributed by atoms with Crippen molar-refractivity contribution in [3.05, 3.63) is 0 Å². The van der Waals surface area contributed by atoms with E-state index in [0.717, 1.165) is 25.7 Å². The first-order chi connectivity index (χ1) is 7.13. The van der Waals surface area contributed by atoms with Crippen LogP contribution in [0.15, 0.2) is 0 Å². The van der Waals surface area contributed by atoms with Gasteiger partial charge in [0.15, 0.2) is 0 Å². The molecule has 0 aliphatic heterocycles. The standard InChI is InChI=1S/C12H22N2O/c1-14(10-6-5-7-10)11(15)12(13)8-3-2-4-9-12/h10H,2-9,13H2,1H3. The zero-order chi connectivity index (χ0) is 10.9. The van der Waals surface area contributed by atoms with E-state index in [1.165, 1.54) is 25.7 Å². The minimum atomic E-state index is -0.539. The Morgan fingerprint density at radius 3 is 2.27 bits per heavy atom. The van der Waals surface area contributed by atoms with Crippen LogP contribution in [-0.2, 0) is 4.79 Å². The van der Waals surface area contributed by atoms with Crippen LogP contribution in [0.2, 0.25) is 0 Å². The molecule has 0 spiro atoms. The molecule has 2 N–H and O–H groups in total. The molecule has 0 heterocycles. The summed E-state index contributed by atoms with van der Waals surface area (Å²) < 4.78 is 0. The van der Waals surface area contributed by atoms with E-state index in [1.807, 2.05) is 11.9 Å². The van der Waals surface area contributed by atoms with Gasteiger partial charge in [0, 0.05) is 13.1 Å². The van der Waals surface area contributed by atoms with E-state index in [0.29, 0.717) is 6.04 Å². The first-order valence-corrected chi connectivity index (χ1v) is 6.20. The molecule has 0 bridgehead atoms. The van der Waals surface area contributed by atoms with Gasteiger partial charge in [-0.25, -0.2) is 0 Å². The highest BCUT2D eigenvalue weighted by Crippen LogP contribution is 2.31. The van der Waals surface area contributed by atoms with Crippen molar-refractivity contribution in [2.45, 2.75) is 62.9 Å². The maximum atomic E-state index is 12.3. The van der Waals surface area contributed by atoms with Crippen molar-refractivity contribution >= 4 is 5.91 Å². The summed E-state index contributed by atoms with van der Waals surface area (Å²) in [5.74, 6) is 0.187. The van der Waals surface area contributed by atoms with Gasteiger partial charge in [-0.3, -0.25) is 4.79 Å². The molecule has 0 aromatic heterocycles. The number of nitrogens with two attached hydrogens (primary N) is 1. The molecule has 2 aliphatic carbocycles. The normalized spacial score (nSPS) is 25.7. The van der Waals surface area contributed by atoms with E-state index in [4.69, 9.17) is 5.73 Å². The molecule has 0 aromatic carbocycles. The lowest BCUT2D eigenvalue weighted by Gasteiger charge is -2.41. The predicted octanol–water partition coefficient (Wildman–Crippen LogP) is 1.66. The maximum Gasteiger partial charge on any atom is 0.242 e. The second-order valence-electron chi connectivity index (χ2n) is 5.22. The largest absolute Gasteiger partial charge is 0.341 e. The molecule has 0 aromatic rings. The summed E-state index contributed by atoms with van der Waals surface area (Å²) >= 11 is 0. The molecule has 3 heteroatoms. The second kappa shape index (κ2) is 4.12. The fourth-order valence-corrected chi connectivity index (χ4v) is 2.69. The van der Waals surface area contributed by atoms with Crippen molar-refractivity contribution < 1.29 is 4.79 Å². The molecule has 0 saturated heterocycles. The summed E-state index contributed by atoms with van der Waals surface area (Å²) in [7, 11) is 1.93. The molecule has 2 aliphatic rings. The van der Waals surface area contributed by atoms with Crippen LogP contribution in [0.3, 0.4) is 0 Å². The van der Waals surface area contributed by atoms with Crippen LogP contribution in [0.4, 0.5) is 0 Å². The van der Waals surface area contributed by atoms with E-state index in [9.17, 15) is 4.79 Å². The number of hydrogen-bond donors (Lipinski definition) is 1. The van der Waals surface area contributed by atoms with Gasteiger partial charge < -0.3 is 10.6 Å². The van der Waals surface area contributed by atoms with Gasteiger partial charge in [0.1, 0.15) is 0 Å². The van der Waals surface area contributed by atoms with Crippen LogP contribution in [-0.4, -0.2) is 29.4 Å². The Kier molecular flexibility index (Phi) is 3.01. The molecule has 0 unspecified atom stereocenters. The molecule has 2 fully saturated rings. The highest BCUT2D eigenvalue weighted by Gasteiger charge is 2.39. The van der Waals surface area contributed by atoms with E-state index in [1.54, 1.807) is 0 Å². The Labute approximate surface area is 92.0 Å². The zero-order valence-corrected chi connectivity index (χ0v) is 9.67. The molecule has 86 valence electrons. The van der Waals surface area contributed by atoms with Gasteiger partial charge in [-0.05, 0) is 32.1 Å². The van der Waals surface area contributed by atoms with Crippen LogP contribution in [0, 0.1) is 0 Å². The Hall–Kier alpha value is -0.570. The monoisotopic (exact) mass is 210 g/mol. The number of carbonyl (C=O) groups excluding carboxylic acids is 1. The van der Waals surface area contributed by atoms with Crippen molar-refractivity contribution in [3.63, 3.8) is 0 Å². The fourth-order valence-electron chi connectivity index (χ4n) is 2.69. The van der Waals surface area contributed by atoms with Gasteiger partial charge in [-0.2, -0.15) is 0 Å². The lowest BCUT2D eigenvalue weighted by Crippen LogP contribution is -2.58. The van der Waals surface area contributed by atoms with Crippen LogP contribution >= 0.6 is 0 Å². The average Bonchev–Trinajstić information content (AvgIpc) is 2.15. The quantitative estimate of drug-likeness (QED) is 0.753. The predicted molar refractivity (Wildman–Crippen MR) is 60.4 cm³/mol. The number of amides is 1. The fraction of sp³-hybridized carbons (Fsp3) is 0.917. The van der Waals surface area contributed by atoms with Gasteiger partial charge in [0.2, 0.25) is 5.91 Å². The summed E-state index contributed by atoms with van der Waals surface area (Å²) in [4.78, 5) is 14.2. The number of likely N-dealkylation sites (N-methyl/N-ethyl adjacent to an activating group) is 1. The highest BCUT2D eigenvalue weighted by molar-refractivity contribution is 5.86. The molecule has 0 atom stereocenters. The Bertz CT molecular complexity index is 242. The third-order valence-corrected chi connectivity index (χ3v) is 4.11. The molecule has 0 radical (unpaired) electrons. The van der Waals surface area contributed by atoms with Gasteiger partial charge in [-0.15, -0.1) is 0 Å². The summed E-state index contributed by atoms with van der Waals surface area (Å²) in [5.41, 5.74) is 5.69. The molecule has 1 amide bonds. The lowest BCUT2D eigenvalue weighted by molar-refractivity contribution is -0.140. The summed E-state index contributed by atoms with van der Waals surface area (Å²) in [6, 6.07) is 0.472. The van der Waals surface area contributed by atoms with Gasteiger partial charge in [0.05, 0.1) is 5.54 Å². The van der Waals surface area contributed by atoms with E-state index in [2.05, 4.69) is 0 Å². The summed E-state index contributed by atoms with van der Waals surface area (Å²) in [6.07, 6.45) is 8.81. The first-order valence-electron chi connectivity index (χ1n) is 6.20. The van der Waals surface area contributed by atoms with Gasteiger partial charge in [-0.1, -0.05) is 19.3 Å². The van der Waals surface area contributed by atoms with E-state index >= 15 is 0 Å². The van der Waals surface area contributed by atoms with Crippen molar-refractivity contribution in [2.75, 3.05) is 7.05 Å². The van der Waals surface area contributed by atoms with Crippen molar-refractivity contribution in [2.24, 2.45) is 5.73 Å². The van der Waals surface area contributed by atoms with Crippen molar-refractivity contribution in [3.8, 4) is 0 Å². The Morgan fingerprint density at radius 1 is 1.20 bits per heavy atom. The third-order valence-electron chi connectivity index (χ3n) is 4.11. The second-order valence-corrected chi connectivity index (χ2v) is 5.22. The lowest BCUT2D eigenvalue weighted by atomic mass is 9.80. The number of hydrogen-bond acceptors (Lipinski definition) is 2. The number of rotatable bonds is 2. The molecule has 2 rings (SSSR count). The third kappa shape index (κ3) is 2.03. The zero-order valence-electron chi connectivity index (χ0n) is 9.67. The van der Waals surface area contributed by atoms with Crippen LogP contribution in [0.25, 0.3) is 0 Å². The Morgan fingerprint density at radius 2 is 1.80 bits per heavy atom. The number of carbonyl (C=O) groups is 1. The molecule has 15 heavy (non-hydrogen) atoms. The molecular weight excluding hydrogens is 188 g/mol. The van der Waals surface area contributed by atoms with Gasteiger partial charge in [0.25, 0.3) is 0 Å². The smallest absolute Gasteiger partial charge is 0.242 e. The van der Waals surface area contributed by atoms with Crippen LogP contribution < -0.4 is 5.73 Å². The molecule has 3 nitrogen and oxygen atoms in total. The van der Waals surface area contributed by atoms with Gasteiger partial charge >= 0.3 is 0 Å². The highest BCUT2D eigenvalue weighted by atomic mass is 16.2. The molecule has 2 saturated carbocycles. The Balaban J connectivity index is 1.98. The summed E-state index contributed by atoms with van der Waals surface area (Å²) in [5, 5.41) is 0. The van der Waals surface area contributed by atoms with Crippen LogP contribution in [0.1, 0.15) is 51.4 Å². The average molecular weight is 210 g/mol. The number of nitrogens with zero attached hydrogens (tertiary/aromatic N) is 1. The van der Waals surface area contributed by atoms with E-state index < -0.39 is 5.54 Å². The first kappa shape index (κ1) is 10.9. The van der Waals surface area contributed by atoms with Crippen molar-refractivity contribution in [1.29, 1.82) is 0 Å². The minimum Gasteiger partial charge on any atom is -0.341 e. The topological polar surface area (TPSA) is 46.3 Å². The van der Waals surface area contributed by atoms with Crippen molar-refractivity contribution in [1.82, 2.24) is 4.90 Å².